The van der Waals surface area contributed by atoms with Gasteiger partial charge in [0.25, 0.3) is 0 Å². The lowest BCUT2D eigenvalue weighted by molar-refractivity contribution is -0.124. The van der Waals surface area contributed by atoms with Crippen molar-refractivity contribution in [3.05, 3.63) is 41.5 Å². The van der Waals surface area contributed by atoms with Gasteiger partial charge in [0.2, 0.25) is 5.91 Å². The molecule has 1 aromatic rings. The van der Waals surface area contributed by atoms with Crippen LogP contribution in [0.3, 0.4) is 0 Å². The third-order valence-corrected chi connectivity index (χ3v) is 8.22. The summed E-state index contributed by atoms with van der Waals surface area (Å²) >= 11 is 1.19. The van der Waals surface area contributed by atoms with Gasteiger partial charge in [0.15, 0.2) is 0 Å². The highest BCUT2D eigenvalue weighted by molar-refractivity contribution is 8.00. The lowest BCUT2D eigenvalue weighted by Crippen LogP contribution is -2.56. The lowest BCUT2D eigenvalue weighted by Gasteiger charge is -2.42. The number of carbonyl (C=O) groups excluding carboxylic acids is 2. The molecule has 2 N–H and O–H groups in total. The number of ether oxygens (including phenoxy) is 4. The Morgan fingerprint density at radius 1 is 1.25 bits per heavy atom. The number of imide groups is 1. The Labute approximate surface area is 214 Å². The molecule has 36 heavy (non-hydrogen) atoms. The van der Waals surface area contributed by atoms with Gasteiger partial charge in [0, 0.05) is 12.0 Å². The summed E-state index contributed by atoms with van der Waals surface area (Å²) in [4.78, 5) is 36.5. The van der Waals surface area contributed by atoms with E-state index in [0.29, 0.717) is 17.9 Å². The highest BCUT2D eigenvalue weighted by Gasteiger charge is 2.72. The SMILES string of the molecule is CO[C@H]1[C@H](C2(C)O[C@@H]2CC=C(C)C)[C@]2(CC[C@H]1OC(=O)NC(=O)CSc1ccc(C(=O)O)cc1)CO2. The van der Waals surface area contributed by atoms with E-state index >= 15 is 0 Å². The number of epoxide rings is 2. The molecule has 3 aliphatic rings. The fourth-order valence-corrected chi connectivity index (χ4v) is 5.93. The van der Waals surface area contributed by atoms with Gasteiger partial charge in [-0.15, -0.1) is 11.8 Å². The van der Waals surface area contributed by atoms with Crippen LogP contribution >= 0.6 is 11.8 Å². The van der Waals surface area contributed by atoms with Crippen LogP contribution in [0, 0.1) is 5.92 Å². The molecule has 2 aliphatic heterocycles. The molecule has 0 bridgehead atoms. The topological polar surface area (TPSA) is 127 Å². The number of nitrogens with one attached hydrogen (secondary N) is 1. The van der Waals surface area contributed by atoms with Crippen LogP contribution in [0.15, 0.2) is 40.8 Å². The van der Waals surface area contributed by atoms with E-state index in [1.165, 1.54) is 29.5 Å². The molecule has 4 rings (SSSR count). The van der Waals surface area contributed by atoms with Crippen LogP contribution < -0.4 is 5.32 Å². The van der Waals surface area contributed by atoms with E-state index in [4.69, 9.17) is 24.1 Å². The first-order valence-electron chi connectivity index (χ1n) is 12.0. The molecule has 1 aliphatic carbocycles. The van der Waals surface area contributed by atoms with E-state index < -0.39 is 35.8 Å². The van der Waals surface area contributed by atoms with E-state index in [1.54, 1.807) is 19.2 Å². The molecule has 2 saturated heterocycles. The van der Waals surface area contributed by atoms with E-state index in [0.717, 1.165) is 12.8 Å². The summed E-state index contributed by atoms with van der Waals surface area (Å²) in [5.41, 5.74) is 0.631. The van der Waals surface area contributed by atoms with Gasteiger partial charge in [-0.05, 0) is 64.3 Å². The minimum atomic E-state index is -1.02. The quantitative estimate of drug-likeness (QED) is 0.284. The van der Waals surface area contributed by atoms with Gasteiger partial charge in [-0.1, -0.05) is 11.6 Å². The summed E-state index contributed by atoms with van der Waals surface area (Å²) in [6.45, 7) is 6.82. The zero-order valence-electron chi connectivity index (χ0n) is 20.9. The van der Waals surface area contributed by atoms with Crippen LogP contribution in [0.25, 0.3) is 0 Å². The van der Waals surface area contributed by atoms with E-state index in [-0.39, 0.29) is 28.9 Å². The number of carboxylic acid groups (broad SMARTS) is 1. The first-order chi connectivity index (χ1) is 17.1. The average Bonchev–Trinajstić information content (AvgIpc) is 3.74. The number of alkyl carbamates (subject to hydrolysis) is 1. The molecule has 3 fully saturated rings. The average molecular weight is 520 g/mol. The third kappa shape index (κ3) is 5.77. The number of methoxy groups -OCH3 is 1. The number of amides is 2. The first-order valence-corrected chi connectivity index (χ1v) is 13.0. The van der Waals surface area contributed by atoms with Crippen molar-refractivity contribution in [3.8, 4) is 0 Å². The predicted molar refractivity (Wildman–Crippen MR) is 132 cm³/mol. The van der Waals surface area contributed by atoms with Crippen LogP contribution in [0.5, 0.6) is 0 Å². The molecule has 1 saturated carbocycles. The second kappa shape index (κ2) is 10.5. The molecule has 196 valence electrons. The molecule has 0 aromatic heterocycles. The van der Waals surface area contributed by atoms with Crippen molar-refractivity contribution in [1.29, 1.82) is 0 Å². The summed E-state index contributed by atoms with van der Waals surface area (Å²) < 4.78 is 23.6. The van der Waals surface area contributed by atoms with E-state index in [1.807, 2.05) is 0 Å². The highest BCUT2D eigenvalue weighted by Crippen LogP contribution is 2.59. The zero-order chi connectivity index (χ0) is 26.1. The van der Waals surface area contributed by atoms with Crippen molar-refractivity contribution in [2.24, 2.45) is 5.92 Å². The number of hydrogen-bond acceptors (Lipinski definition) is 8. The highest BCUT2D eigenvalue weighted by atomic mass is 32.2. The fourth-order valence-electron chi connectivity index (χ4n) is 5.23. The number of allylic oxidation sites excluding steroid dienone is 1. The zero-order valence-corrected chi connectivity index (χ0v) is 21.8. The molecular formula is C26H33NO8S. The standard InChI is InChI=1S/C26H33NO8S/c1-15(2)5-10-19-25(3,35-19)22-21(32-4)18(11-12-26(22)14-33-26)34-24(31)27-20(28)13-36-17-8-6-16(7-9-17)23(29)30/h5-9,18-19,21-22H,10-14H2,1-4H3,(H,29,30)(H,27,28,31)/t18-,19-,21-,22-,25?,26+/m1/s1. The maximum atomic E-state index is 12.6. The monoisotopic (exact) mass is 519 g/mol. The third-order valence-electron chi connectivity index (χ3n) is 7.21. The minimum absolute atomic E-state index is 0.0164. The van der Waals surface area contributed by atoms with Gasteiger partial charge in [-0.3, -0.25) is 10.1 Å². The molecular weight excluding hydrogens is 486 g/mol. The largest absolute Gasteiger partial charge is 0.478 e. The Morgan fingerprint density at radius 3 is 2.53 bits per heavy atom. The number of carboxylic acids is 1. The maximum Gasteiger partial charge on any atom is 0.414 e. The van der Waals surface area contributed by atoms with Crippen LogP contribution in [0.4, 0.5) is 4.79 Å². The first kappa shape index (κ1) is 26.7. The second-order valence-electron chi connectivity index (χ2n) is 9.99. The lowest BCUT2D eigenvalue weighted by atomic mass is 9.68. The summed E-state index contributed by atoms with van der Waals surface area (Å²) in [7, 11) is 1.60. The summed E-state index contributed by atoms with van der Waals surface area (Å²) in [5.74, 6) is -1.64. The van der Waals surface area contributed by atoms with Crippen LogP contribution in [0.1, 0.15) is 50.4 Å². The number of thioether (sulfide) groups is 1. The number of aromatic carboxylic acids is 1. The Balaban J connectivity index is 1.32. The molecule has 0 radical (unpaired) electrons. The molecule has 1 spiro atoms. The number of carbonyl (C=O) groups is 3. The van der Waals surface area contributed by atoms with Crippen LogP contribution in [-0.2, 0) is 23.7 Å². The summed E-state index contributed by atoms with van der Waals surface area (Å²) in [6.07, 6.45) is 2.52. The molecule has 2 heterocycles. The van der Waals surface area contributed by atoms with Gasteiger partial charge in [-0.2, -0.15) is 0 Å². The molecule has 9 nitrogen and oxygen atoms in total. The van der Waals surface area contributed by atoms with Gasteiger partial charge >= 0.3 is 12.1 Å². The Morgan fingerprint density at radius 2 is 1.94 bits per heavy atom. The summed E-state index contributed by atoms with van der Waals surface area (Å²) in [6, 6.07) is 6.16. The van der Waals surface area contributed by atoms with Crippen molar-refractivity contribution in [2.45, 2.75) is 74.4 Å². The van der Waals surface area contributed by atoms with Crippen molar-refractivity contribution >= 4 is 29.7 Å². The van der Waals surface area contributed by atoms with Crippen molar-refractivity contribution in [1.82, 2.24) is 5.32 Å². The fraction of sp³-hybridized carbons (Fsp3) is 0.577. The Hall–Kier alpha value is -2.40. The summed E-state index contributed by atoms with van der Waals surface area (Å²) in [5, 5.41) is 11.2. The number of hydrogen-bond donors (Lipinski definition) is 2. The van der Waals surface area contributed by atoms with E-state index in [2.05, 4.69) is 32.2 Å². The predicted octanol–water partition coefficient (Wildman–Crippen LogP) is 3.81. The molecule has 6 atom stereocenters. The Bertz CT molecular complexity index is 1030. The smallest absolute Gasteiger partial charge is 0.414 e. The molecule has 2 amide bonds. The Kier molecular flexibility index (Phi) is 7.80. The van der Waals surface area contributed by atoms with Crippen molar-refractivity contribution in [3.63, 3.8) is 0 Å². The second-order valence-corrected chi connectivity index (χ2v) is 11.0. The van der Waals surface area contributed by atoms with E-state index in [9.17, 15) is 14.4 Å². The van der Waals surface area contributed by atoms with Crippen molar-refractivity contribution in [2.75, 3.05) is 19.5 Å². The van der Waals surface area contributed by atoms with Gasteiger partial charge in [0.1, 0.15) is 23.4 Å². The minimum Gasteiger partial charge on any atom is -0.478 e. The number of benzene rings is 1. The molecule has 1 unspecified atom stereocenters. The van der Waals surface area contributed by atoms with Gasteiger partial charge < -0.3 is 24.1 Å². The van der Waals surface area contributed by atoms with Crippen molar-refractivity contribution < 1.29 is 38.4 Å². The maximum absolute atomic E-state index is 12.6. The van der Waals surface area contributed by atoms with Gasteiger partial charge in [-0.25, -0.2) is 9.59 Å². The number of rotatable bonds is 9. The van der Waals surface area contributed by atoms with Crippen LogP contribution in [0.2, 0.25) is 0 Å². The van der Waals surface area contributed by atoms with Gasteiger partial charge in [0.05, 0.1) is 29.9 Å². The molecule has 1 aromatic carbocycles. The van der Waals surface area contributed by atoms with Crippen LogP contribution in [-0.4, -0.2) is 72.1 Å². The molecule has 10 heteroatoms. The normalized spacial score (nSPS) is 32.4.